The van der Waals surface area contributed by atoms with Gasteiger partial charge in [0.1, 0.15) is 0 Å². The van der Waals surface area contributed by atoms with E-state index in [1.54, 1.807) is 0 Å². The van der Waals surface area contributed by atoms with Gasteiger partial charge in [0, 0.05) is 36.7 Å². The zero-order valence-electron chi connectivity index (χ0n) is 7.98. The van der Waals surface area contributed by atoms with E-state index < -0.39 is 36.7 Å². The third-order valence-electron chi connectivity index (χ3n) is 0. The van der Waals surface area contributed by atoms with Crippen LogP contribution in [0.2, 0.25) is 0 Å². The molecule has 2 radical (unpaired) electrons. The van der Waals surface area contributed by atoms with Crippen LogP contribution in [0, 0.1) is 0 Å². The minimum atomic E-state index is -3.63. The van der Waals surface area contributed by atoms with Gasteiger partial charge in [-0.3, -0.25) is 0 Å². The molecule has 0 atom stereocenters. The molecule has 0 spiro atoms. The van der Waals surface area contributed by atoms with Gasteiger partial charge in [0.05, 0.1) is 8.41 Å². The maximum Gasteiger partial charge on any atom is 3.00 e. The Bertz CT molecular complexity index is 175. The Morgan fingerprint density at radius 1 is 0.500 bits per heavy atom. The molecule has 0 aliphatic carbocycles. The van der Waals surface area contributed by atoms with Crippen molar-refractivity contribution >= 4 is 45.1 Å². The van der Waals surface area contributed by atoms with Gasteiger partial charge in [-0.25, -0.2) is 0 Å². The van der Waals surface area contributed by atoms with Crippen LogP contribution in [0.25, 0.3) is 0 Å². The average molecular weight is 485 g/mol. The van der Waals surface area contributed by atoms with E-state index >= 15 is 0 Å². The van der Waals surface area contributed by atoms with E-state index in [1.807, 2.05) is 0 Å². The smallest absolute Gasteiger partial charge is 0.672 e. The van der Waals surface area contributed by atoms with E-state index in [4.69, 9.17) is 56.2 Å². The molecule has 0 fully saturated rings. The van der Waals surface area contributed by atoms with Crippen molar-refractivity contribution in [2.24, 2.45) is 0 Å². The molecular formula is H3BCrFeNiO12Si4. The van der Waals surface area contributed by atoms with Crippen LogP contribution in [-0.2, 0) is 68.8 Å². The van der Waals surface area contributed by atoms with E-state index in [2.05, 4.69) is 0 Å². The fraction of sp³-hybridized carbons (Fsp3) is 0. The summed E-state index contributed by atoms with van der Waals surface area (Å²) in [6, 6.07) is 0. The largest absolute Gasteiger partial charge is 3.00 e. The summed E-state index contributed by atoms with van der Waals surface area (Å²) < 4.78 is 34.1. The molecule has 20 heavy (non-hydrogen) atoms. The van der Waals surface area contributed by atoms with Crippen molar-refractivity contribution in [1.29, 1.82) is 0 Å². The summed E-state index contributed by atoms with van der Waals surface area (Å²) in [7, 11) is -14.5. The molecule has 0 aromatic carbocycles. The Kier molecular flexibility index (Phi) is 107. The number of rotatable bonds is 0. The van der Waals surface area contributed by atoms with Gasteiger partial charge >= 0.3 is 50.9 Å². The molecule has 0 saturated heterocycles. The Morgan fingerprint density at radius 2 is 0.500 bits per heavy atom. The Labute approximate surface area is 151 Å². The summed E-state index contributed by atoms with van der Waals surface area (Å²) in [6.45, 7) is 0. The third kappa shape index (κ3) is 868000. The van der Waals surface area contributed by atoms with Gasteiger partial charge in [-0.1, -0.05) is 0 Å². The monoisotopic (exact) mass is 484 g/mol. The Balaban J connectivity index is -0.0000000150. The quantitative estimate of drug-likeness (QED) is 0.290. The van der Waals surface area contributed by atoms with Crippen LogP contribution in [0.3, 0.4) is 0 Å². The summed E-state index contributed by atoms with van der Waals surface area (Å²) >= 11 is 0. The van der Waals surface area contributed by atoms with E-state index in [0.29, 0.717) is 0 Å². The van der Waals surface area contributed by atoms with Crippen molar-refractivity contribution in [3.63, 3.8) is 0 Å². The van der Waals surface area contributed by atoms with Crippen molar-refractivity contribution in [3.05, 3.63) is 0 Å². The molecule has 0 bridgehead atoms. The molecular weight excluding hydrogens is 482 g/mol. The SMILES string of the molecule is B.O=[Si]([O-])[O-].O=[Si]([O-])[O-].O=[Si]([O-])[O-].O=[Si]([O-])[O-].[Cr+3].[Fe+3].[Ni+2]. The molecule has 0 saturated carbocycles. The van der Waals surface area contributed by atoms with Crippen molar-refractivity contribution in [3.8, 4) is 0 Å². The molecule has 12 nitrogen and oxygen atoms in total. The summed E-state index contributed by atoms with van der Waals surface area (Å²) in [6.07, 6.45) is 0. The first-order valence-corrected chi connectivity index (χ1v) is 7.35. The van der Waals surface area contributed by atoms with Crippen molar-refractivity contribution in [2.45, 2.75) is 0 Å². The Morgan fingerprint density at radius 3 is 0.500 bits per heavy atom. The normalized spacial score (nSPS) is 4.80. The van der Waals surface area contributed by atoms with Gasteiger partial charge in [0.15, 0.2) is 0 Å². The van der Waals surface area contributed by atoms with Crippen LogP contribution in [0.4, 0.5) is 0 Å². The zero-order valence-corrected chi connectivity index (χ0v) is 15.3. The van der Waals surface area contributed by atoms with Crippen LogP contribution < -0.4 is 38.4 Å². The van der Waals surface area contributed by atoms with Crippen LogP contribution in [0.15, 0.2) is 0 Å². The van der Waals surface area contributed by atoms with Gasteiger partial charge in [0.2, 0.25) is 0 Å². The van der Waals surface area contributed by atoms with Gasteiger partial charge in [0.25, 0.3) is 0 Å². The first-order valence-electron chi connectivity index (χ1n) is 2.45. The molecule has 0 aliphatic rings. The van der Waals surface area contributed by atoms with E-state index in [-0.39, 0.29) is 59.3 Å². The fourth-order valence-corrected chi connectivity index (χ4v) is 0. The first kappa shape index (κ1) is 50.1. The van der Waals surface area contributed by atoms with E-state index in [1.165, 1.54) is 0 Å². The van der Waals surface area contributed by atoms with Crippen molar-refractivity contribution in [2.75, 3.05) is 0 Å². The first-order chi connectivity index (χ1) is 6.93. The summed E-state index contributed by atoms with van der Waals surface area (Å²) in [4.78, 5) is 68.1. The molecule has 20 heteroatoms. The third-order valence-corrected chi connectivity index (χ3v) is 0. The van der Waals surface area contributed by atoms with Crippen LogP contribution >= 0.6 is 0 Å². The minimum Gasteiger partial charge on any atom is -0.672 e. The van der Waals surface area contributed by atoms with Crippen molar-refractivity contribution in [1.82, 2.24) is 0 Å². The van der Waals surface area contributed by atoms with Gasteiger partial charge < -0.3 is 56.2 Å². The van der Waals surface area contributed by atoms with Gasteiger partial charge in [-0.15, -0.1) is 0 Å². The molecule has 0 unspecified atom stereocenters. The van der Waals surface area contributed by atoms with E-state index in [0.717, 1.165) is 0 Å². The van der Waals surface area contributed by atoms with Crippen molar-refractivity contribution < 1.29 is 107 Å². The van der Waals surface area contributed by atoms with Crippen LogP contribution in [0.5, 0.6) is 0 Å². The molecule has 118 valence electrons. The predicted octanol–water partition coefficient (Wildman–Crippen LogP) is -12.7. The number of hydrogen-bond donors (Lipinski definition) is 0. The second kappa shape index (κ2) is 42.7. The molecule has 0 amide bonds. The minimum absolute atomic E-state index is 0. The molecule has 0 N–H and O–H groups in total. The summed E-state index contributed by atoms with van der Waals surface area (Å²) in [5, 5.41) is 0. The molecule has 0 aromatic rings. The summed E-state index contributed by atoms with van der Waals surface area (Å²) in [5.74, 6) is 0. The zero-order chi connectivity index (χ0) is 14.3. The number of hydrogen-bond acceptors (Lipinski definition) is 12. The molecule has 0 aliphatic heterocycles. The molecule has 0 heterocycles. The molecule has 0 rings (SSSR count). The second-order valence-electron chi connectivity index (χ2n) is 1.00. The standard InChI is InChI=1S/BH3.Cr.Fe.Ni.4O3Si/c;;;;4*1-4(2)3/h1H3;;;;;;;/q;2*+3;+2;4*-2. The van der Waals surface area contributed by atoms with E-state index in [9.17, 15) is 0 Å². The van der Waals surface area contributed by atoms with Gasteiger partial charge in [-0.05, 0) is 0 Å². The fourth-order valence-electron chi connectivity index (χ4n) is 0. The van der Waals surface area contributed by atoms with Gasteiger partial charge in [-0.2, -0.15) is 0 Å². The Hall–Kier alpha value is 0.0779. The second-order valence-corrected chi connectivity index (χ2v) is 3.00. The van der Waals surface area contributed by atoms with Crippen LogP contribution in [-0.4, -0.2) is 45.1 Å². The summed E-state index contributed by atoms with van der Waals surface area (Å²) in [5.41, 5.74) is 0. The molecule has 0 aromatic heterocycles. The maximum atomic E-state index is 8.52. The predicted molar refractivity (Wildman–Crippen MR) is 35.7 cm³/mol. The maximum absolute atomic E-state index is 8.52. The van der Waals surface area contributed by atoms with Crippen LogP contribution in [0.1, 0.15) is 0 Å². The average Bonchev–Trinajstić information content (AvgIpc) is 1.76. The topological polar surface area (TPSA) is 253 Å².